The highest BCUT2D eigenvalue weighted by molar-refractivity contribution is 5.84. The molecule has 1 heterocycles. The average Bonchev–Trinajstić information content (AvgIpc) is 2.74. The van der Waals surface area contributed by atoms with Gasteiger partial charge in [-0.1, -0.05) is 12.1 Å². The molecule has 0 aliphatic rings. The van der Waals surface area contributed by atoms with E-state index in [-0.39, 0.29) is 17.7 Å². The van der Waals surface area contributed by atoms with Crippen molar-refractivity contribution < 1.29 is 27.1 Å². The number of carbonyl (C=O) groups excluding carboxylic acids is 1. The minimum Gasteiger partial charge on any atom is -0.497 e. The molecule has 1 unspecified atom stereocenters. The molecule has 162 valence electrons. The molecule has 1 atom stereocenters. The zero-order valence-electron chi connectivity index (χ0n) is 16.6. The Balaban J connectivity index is 1.86. The highest BCUT2D eigenvalue weighted by Crippen LogP contribution is 2.29. The van der Waals surface area contributed by atoms with Gasteiger partial charge in [0.2, 0.25) is 0 Å². The molecular weight excluding hydrogens is 416 g/mol. The van der Waals surface area contributed by atoms with Crippen LogP contribution in [0, 0.1) is 5.82 Å². The van der Waals surface area contributed by atoms with Gasteiger partial charge in [-0.3, -0.25) is 9.59 Å². The molecule has 0 spiro atoms. The zero-order chi connectivity index (χ0) is 22.8. The largest absolute Gasteiger partial charge is 0.497 e. The molecule has 2 aromatic carbocycles. The molecule has 0 saturated heterocycles. The summed E-state index contributed by atoms with van der Waals surface area (Å²) in [5.41, 5.74) is -0.795. The maximum Gasteiger partial charge on any atom is 0.416 e. The topological polar surface area (TPSA) is 61.2 Å². The summed E-state index contributed by atoms with van der Waals surface area (Å²) in [5, 5.41) is 4.13. The van der Waals surface area contributed by atoms with Gasteiger partial charge in [-0.25, -0.2) is 9.07 Å². The number of methoxy groups -OCH3 is 1. The van der Waals surface area contributed by atoms with E-state index in [2.05, 4.69) is 5.10 Å². The van der Waals surface area contributed by atoms with E-state index >= 15 is 0 Å². The summed E-state index contributed by atoms with van der Waals surface area (Å²) in [7, 11) is 1.42. The summed E-state index contributed by atoms with van der Waals surface area (Å²) in [4.78, 5) is 24.9. The van der Waals surface area contributed by atoms with Crippen molar-refractivity contribution in [1.29, 1.82) is 0 Å². The monoisotopic (exact) mass is 434 g/mol. The predicted molar refractivity (Wildman–Crippen MR) is 105 cm³/mol. The fraction of sp³-hybridized carbons (Fsp3) is 0.227. The number of Topliss-reactive ketones (excluding diaryl/α,β-unsaturated/α-hetero) is 1. The molecular formula is C22H18F4N2O3. The predicted octanol–water partition coefficient (Wildman–Crippen LogP) is 4.45. The Kier molecular flexibility index (Phi) is 6.24. The standard InChI is InChI=1S/C22H18F4N2O3/c1-13(20(29)11-14-3-5-15(6-4-14)22(24,25)26)28-21(30)10-9-19(27-28)17-12-16(31-2)7-8-18(17)23/h3-10,12-13H,11H2,1-2H3. The summed E-state index contributed by atoms with van der Waals surface area (Å²) < 4.78 is 58.3. The maximum absolute atomic E-state index is 14.3. The fourth-order valence-electron chi connectivity index (χ4n) is 2.97. The summed E-state index contributed by atoms with van der Waals surface area (Å²) in [5.74, 6) is -0.623. The second-order valence-corrected chi connectivity index (χ2v) is 6.86. The quantitative estimate of drug-likeness (QED) is 0.538. The Hall–Kier alpha value is -3.49. The molecule has 3 aromatic rings. The van der Waals surface area contributed by atoms with Crippen LogP contribution < -0.4 is 10.3 Å². The van der Waals surface area contributed by atoms with Crippen molar-refractivity contribution in [2.45, 2.75) is 25.6 Å². The SMILES string of the molecule is COc1ccc(F)c(-c2ccc(=O)n(C(C)C(=O)Cc3ccc(C(F)(F)F)cc3)n2)c1. The number of ether oxygens (including phenoxy) is 1. The van der Waals surface area contributed by atoms with Gasteiger partial charge in [-0.15, -0.1) is 0 Å². The van der Waals surface area contributed by atoms with Crippen molar-refractivity contribution in [3.05, 3.63) is 81.9 Å². The van der Waals surface area contributed by atoms with Gasteiger partial charge >= 0.3 is 6.18 Å². The third-order valence-corrected chi connectivity index (χ3v) is 4.77. The third kappa shape index (κ3) is 4.99. The first-order valence-electron chi connectivity index (χ1n) is 9.23. The molecule has 9 heteroatoms. The molecule has 0 N–H and O–H groups in total. The number of benzene rings is 2. The number of aromatic nitrogens is 2. The number of hydrogen-bond donors (Lipinski definition) is 0. The van der Waals surface area contributed by atoms with Crippen LogP contribution in [0.2, 0.25) is 0 Å². The first-order valence-corrected chi connectivity index (χ1v) is 9.23. The van der Waals surface area contributed by atoms with Gasteiger partial charge < -0.3 is 4.74 Å². The zero-order valence-corrected chi connectivity index (χ0v) is 16.6. The normalized spacial score (nSPS) is 12.5. The number of nitrogens with zero attached hydrogens (tertiary/aromatic N) is 2. The average molecular weight is 434 g/mol. The van der Waals surface area contributed by atoms with E-state index in [1.165, 1.54) is 56.5 Å². The molecule has 5 nitrogen and oxygen atoms in total. The van der Waals surface area contributed by atoms with E-state index in [9.17, 15) is 27.2 Å². The number of alkyl halides is 3. The second-order valence-electron chi connectivity index (χ2n) is 6.86. The third-order valence-electron chi connectivity index (χ3n) is 4.77. The summed E-state index contributed by atoms with van der Waals surface area (Å²) in [6.45, 7) is 1.45. The molecule has 1 aromatic heterocycles. The van der Waals surface area contributed by atoms with Crippen molar-refractivity contribution in [2.24, 2.45) is 0 Å². The summed E-state index contributed by atoms with van der Waals surface area (Å²) in [6, 6.07) is 9.76. The lowest BCUT2D eigenvalue weighted by atomic mass is 10.0. The minimum atomic E-state index is -4.47. The molecule has 0 fully saturated rings. The number of carbonyl (C=O) groups is 1. The molecule has 0 radical (unpaired) electrons. The lowest BCUT2D eigenvalue weighted by molar-refractivity contribution is -0.137. The number of halogens is 4. The van der Waals surface area contributed by atoms with Crippen LogP contribution in [-0.2, 0) is 17.4 Å². The van der Waals surface area contributed by atoms with Crippen LogP contribution in [0.5, 0.6) is 5.75 Å². The van der Waals surface area contributed by atoms with Crippen LogP contribution >= 0.6 is 0 Å². The first kappa shape index (κ1) is 22.2. The van der Waals surface area contributed by atoms with Gasteiger partial charge in [-0.2, -0.15) is 18.3 Å². The molecule has 0 aliphatic carbocycles. The van der Waals surface area contributed by atoms with Crippen LogP contribution in [0.3, 0.4) is 0 Å². The van der Waals surface area contributed by atoms with E-state index in [0.29, 0.717) is 11.3 Å². The first-order chi connectivity index (χ1) is 14.6. The van der Waals surface area contributed by atoms with Crippen LogP contribution in [0.15, 0.2) is 59.4 Å². The Bertz CT molecular complexity index is 1150. The van der Waals surface area contributed by atoms with Gasteiger partial charge in [0.25, 0.3) is 5.56 Å². The van der Waals surface area contributed by atoms with Crippen LogP contribution in [0.4, 0.5) is 17.6 Å². The summed E-state index contributed by atoms with van der Waals surface area (Å²) >= 11 is 0. The molecule has 0 saturated carbocycles. The van der Waals surface area contributed by atoms with Gasteiger partial charge in [0, 0.05) is 18.1 Å². The maximum atomic E-state index is 14.3. The van der Waals surface area contributed by atoms with Gasteiger partial charge in [-0.05, 0) is 48.9 Å². The van der Waals surface area contributed by atoms with Gasteiger partial charge in [0.1, 0.15) is 17.6 Å². The van der Waals surface area contributed by atoms with E-state index in [1.54, 1.807) is 0 Å². The Morgan fingerprint density at radius 2 is 1.77 bits per heavy atom. The van der Waals surface area contributed by atoms with Crippen molar-refractivity contribution in [1.82, 2.24) is 9.78 Å². The minimum absolute atomic E-state index is 0.0930. The molecule has 3 rings (SSSR count). The van der Waals surface area contributed by atoms with Crippen molar-refractivity contribution in [3.8, 4) is 17.0 Å². The Labute approximate surface area is 174 Å². The summed E-state index contributed by atoms with van der Waals surface area (Å²) in [6.07, 6.45) is -4.66. The lowest BCUT2D eigenvalue weighted by Gasteiger charge is -2.15. The van der Waals surface area contributed by atoms with Crippen LogP contribution in [0.25, 0.3) is 11.3 Å². The molecule has 0 bridgehead atoms. The number of hydrogen-bond acceptors (Lipinski definition) is 4. The highest BCUT2D eigenvalue weighted by Gasteiger charge is 2.30. The number of rotatable bonds is 6. The van der Waals surface area contributed by atoms with Crippen LogP contribution in [-0.4, -0.2) is 22.7 Å². The van der Waals surface area contributed by atoms with E-state index < -0.39 is 34.9 Å². The van der Waals surface area contributed by atoms with E-state index in [4.69, 9.17) is 4.74 Å². The fourth-order valence-corrected chi connectivity index (χ4v) is 2.97. The van der Waals surface area contributed by atoms with Crippen LogP contribution in [0.1, 0.15) is 24.1 Å². The van der Waals surface area contributed by atoms with Crippen molar-refractivity contribution >= 4 is 5.78 Å². The van der Waals surface area contributed by atoms with Gasteiger partial charge in [0.15, 0.2) is 5.78 Å². The number of ketones is 1. The molecule has 31 heavy (non-hydrogen) atoms. The molecule has 0 amide bonds. The van der Waals surface area contributed by atoms with Crippen molar-refractivity contribution in [2.75, 3.05) is 7.11 Å². The second kappa shape index (κ2) is 8.71. The lowest BCUT2D eigenvalue weighted by Crippen LogP contribution is -2.31. The Morgan fingerprint density at radius 3 is 2.39 bits per heavy atom. The molecule has 0 aliphatic heterocycles. The van der Waals surface area contributed by atoms with Gasteiger partial charge in [0.05, 0.1) is 18.4 Å². The highest BCUT2D eigenvalue weighted by atomic mass is 19.4. The van der Waals surface area contributed by atoms with E-state index in [1.807, 2.05) is 0 Å². The smallest absolute Gasteiger partial charge is 0.416 e. The van der Waals surface area contributed by atoms with Crippen molar-refractivity contribution in [3.63, 3.8) is 0 Å². The van der Waals surface area contributed by atoms with E-state index in [0.717, 1.165) is 16.8 Å². The Morgan fingerprint density at radius 1 is 1.10 bits per heavy atom.